The fraction of sp³-hybridized carbons (Fsp3) is 0.391. The van der Waals surface area contributed by atoms with E-state index in [0.717, 1.165) is 61.1 Å². The van der Waals surface area contributed by atoms with Crippen LogP contribution in [0.15, 0.2) is 35.7 Å². The van der Waals surface area contributed by atoms with Gasteiger partial charge in [0.25, 0.3) is 5.91 Å². The molecule has 32 heavy (non-hydrogen) atoms. The summed E-state index contributed by atoms with van der Waals surface area (Å²) in [6, 6.07) is 9.37. The molecule has 2 fully saturated rings. The topological polar surface area (TPSA) is 113 Å². The van der Waals surface area contributed by atoms with Crippen molar-refractivity contribution in [1.29, 1.82) is 0 Å². The molecule has 0 spiro atoms. The van der Waals surface area contributed by atoms with Crippen LogP contribution in [0, 0.1) is 5.92 Å². The molecule has 0 radical (unpaired) electrons. The van der Waals surface area contributed by atoms with Crippen LogP contribution < -0.4 is 16.4 Å². The standard InChI is InChI=1S/C23H26N6O2S/c24-20(30)16-7-4-8-17(16)26-21-19-18(9-12-32-19)27-23(28-21)25-15-6-3-5-14(13-15)22(31)29-10-1-2-11-29/h3,5-6,9,12-13,16-17H,1-2,4,7-8,10-11H2,(H2,24,30)(H2,25,26,27,28)/t16-,17+/m0/s1. The summed E-state index contributed by atoms with van der Waals surface area (Å²) in [6.45, 7) is 1.63. The maximum absolute atomic E-state index is 12.7. The number of nitrogens with zero attached hydrogens (tertiary/aromatic N) is 3. The third-order valence-corrected chi connectivity index (χ3v) is 7.18. The molecule has 3 aromatic rings. The Morgan fingerprint density at radius 2 is 1.94 bits per heavy atom. The monoisotopic (exact) mass is 450 g/mol. The van der Waals surface area contributed by atoms with Crippen LogP contribution in [0.25, 0.3) is 10.2 Å². The Bertz CT molecular complexity index is 1160. The minimum Gasteiger partial charge on any atom is -0.369 e. The van der Waals surface area contributed by atoms with Crippen LogP contribution in [0.2, 0.25) is 0 Å². The molecule has 0 bridgehead atoms. The maximum atomic E-state index is 12.7. The third kappa shape index (κ3) is 4.12. The fourth-order valence-electron chi connectivity index (χ4n) is 4.63. The lowest BCUT2D eigenvalue weighted by Crippen LogP contribution is -2.34. The quantitative estimate of drug-likeness (QED) is 0.527. The molecule has 2 aliphatic rings. The van der Waals surface area contributed by atoms with Gasteiger partial charge in [-0.25, -0.2) is 4.98 Å². The Labute approximate surface area is 190 Å². The van der Waals surface area contributed by atoms with Gasteiger partial charge in [0.2, 0.25) is 11.9 Å². The molecule has 166 valence electrons. The summed E-state index contributed by atoms with van der Waals surface area (Å²) in [7, 11) is 0. The Hall–Kier alpha value is -3.20. The number of aromatic nitrogens is 2. The summed E-state index contributed by atoms with van der Waals surface area (Å²) < 4.78 is 0.948. The molecule has 1 saturated heterocycles. The zero-order chi connectivity index (χ0) is 22.1. The molecular formula is C23H26N6O2S. The van der Waals surface area contributed by atoms with Crippen LogP contribution in [-0.4, -0.2) is 45.8 Å². The molecule has 2 atom stereocenters. The minimum atomic E-state index is -0.269. The van der Waals surface area contributed by atoms with Crippen LogP contribution in [-0.2, 0) is 4.79 Å². The summed E-state index contributed by atoms with van der Waals surface area (Å²) in [4.78, 5) is 35.8. The van der Waals surface area contributed by atoms with Crippen molar-refractivity contribution >= 4 is 50.8 Å². The van der Waals surface area contributed by atoms with E-state index in [1.165, 1.54) is 0 Å². The SMILES string of the molecule is NC(=O)[C@H]1CCC[C@H]1Nc1nc(Nc2cccc(C(=O)N3CCCC3)c2)nc2ccsc12. The van der Waals surface area contributed by atoms with Crippen molar-refractivity contribution in [3.8, 4) is 0 Å². The van der Waals surface area contributed by atoms with E-state index >= 15 is 0 Å². The van der Waals surface area contributed by atoms with Crippen LogP contribution in [0.1, 0.15) is 42.5 Å². The Balaban J connectivity index is 1.40. The van der Waals surface area contributed by atoms with E-state index in [2.05, 4.69) is 15.6 Å². The first-order valence-electron chi connectivity index (χ1n) is 11.1. The predicted octanol–water partition coefficient (Wildman–Crippen LogP) is 3.74. The zero-order valence-electron chi connectivity index (χ0n) is 17.7. The van der Waals surface area contributed by atoms with E-state index in [4.69, 9.17) is 10.7 Å². The number of carbonyl (C=O) groups excluding carboxylic acids is 2. The van der Waals surface area contributed by atoms with Crippen molar-refractivity contribution in [2.24, 2.45) is 11.7 Å². The van der Waals surface area contributed by atoms with Crippen molar-refractivity contribution < 1.29 is 9.59 Å². The van der Waals surface area contributed by atoms with Crippen molar-refractivity contribution in [2.75, 3.05) is 23.7 Å². The molecule has 2 aromatic heterocycles. The summed E-state index contributed by atoms with van der Waals surface area (Å²) in [5.41, 5.74) is 7.84. The molecule has 1 aliphatic carbocycles. The average Bonchev–Trinajstić information content (AvgIpc) is 3.55. The Morgan fingerprint density at radius 3 is 2.75 bits per heavy atom. The van der Waals surface area contributed by atoms with Gasteiger partial charge in [0.05, 0.1) is 16.1 Å². The van der Waals surface area contributed by atoms with E-state index in [0.29, 0.717) is 17.3 Å². The summed E-state index contributed by atoms with van der Waals surface area (Å²) in [5, 5.41) is 8.68. The van der Waals surface area contributed by atoms with E-state index in [-0.39, 0.29) is 23.8 Å². The summed E-state index contributed by atoms with van der Waals surface area (Å²) in [5.74, 6) is 0.744. The number of fused-ring (bicyclic) bond motifs is 1. The summed E-state index contributed by atoms with van der Waals surface area (Å²) in [6.07, 6.45) is 4.77. The van der Waals surface area contributed by atoms with Gasteiger partial charge in [-0.3, -0.25) is 9.59 Å². The molecule has 4 N–H and O–H groups in total. The number of benzene rings is 1. The zero-order valence-corrected chi connectivity index (χ0v) is 18.5. The number of anilines is 3. The number of rotatable bonds is 6. The second-order valence-electron chi connectivity index (χ2n) is 8.43. The van der Waals surface area contributed by atoms with Gasteiger partial charge in [0, 0.05) is 30.4 Å². The van der Waals surface area contributed by atoms with E-state index in [1.54, 1.807) is 11.3 Å². The fourth-order valence-corrected chi connectivity index (χ4v) is 5.41. The number of nitrogens with two attached hydrogens (primary N) is 1. The largest absolute Gasteiger partial charge is 0.369 e. The molecule has 2 amide bonds. The third-order valence-electron chi connectivity index (χ3n) is 6.27. The number of carbonyl (C=O) groups is 2. The normalized spacial score (nSPS) is 20.6. The molecule has 9 heteroatoms. The van der Waals surface area contributed by atoms with Crippen LogP contribution in [0.5, 0.6) is 0 Å². The van der Waals surface area contributed by atoms with Gasteiger partial charge < -0.3 is 21.3 Å². The first kappa shape index (κ1) is 20.7. The highest BCUT2D eigenvalue weighted by molar-refractivity contribution is 7.17. The Kier molecular flexibility index (Phi) is 5.65. The number of nitrogens with one attached hydrogen (secondary N) is 2. The lowest BCUT2D eigenvalue weighted by Gasteiger charge is -2.20. The molecule has 1 aliphatic heterocycles. The molecule has 8 nitrogen and oxygen atoms in total. The maximum Gasteiger partial charge on any atom is 0.253 e. The number of primary amides is 1. The number of hydrogen-bond donors (Lipinski definition) is 3. The van der Waals surface area contributed by atoms with Crippen LogP contribution >= 0.6 is 11.3 Å². The van der Waals surface area contributed by atoms with Crippen LogP contribution in [0.3, 0.4) is 0 Å². The molecule has 0 unspecified atom stereocenters. The highest BCUT2D eigenvalue weighted by Gasteiger charge is 2.32. The van der Waals surface area contributed by atoms with Gasteiger partial charge in [0.15, 0.2) is 0 Å². The number of likely N-dealkylation sites (tertiary alicyclic amines) is 1. The van der Waals surface area contributed by atoms with Gasteiger partial charge in [-0.1, -0.05) is 12.5 Å². The van der Waals surface area contributed by atoms with Crippen molar-refractivity contribution in [2.45, 2.75) is 38.1 Å². The second-order valence-corrected chi connectivity index (χ2v) is 9.34. The first-order chi connectivity index (χ1) is 15.6. The van der Waals surface area contributed by atoms with E-state index in [9.17, 15) is 9.59 Å². The number of amides is 2. The van der Waals surface area contributed by atoms with Gasteiger partial charge >= 0.3 is 0 Å². The lowest BCUT2D eigenvalue weighted by molar-refractivity contribution is -0.121. The summed E-state index contributed by atoms with van der Waals surface area (Å²) >= 11 is 1.56. The second kappa shape index (κ2) is 8.74. The van der Waals surface area contributed by atoms with E-state index < -0.39 is 0 Å². The number of hydrogen-bond acceptors (Lipinski definition) is 7. The minimum absolute atomic E-state index is 0.0260. The number of thiophene rings is 1. The van der Waals surface area contributed by atoms with Crippen molar-refractivity contribution in [3.05, 3.63) is 41.3 Å². The first-order valence-corrected chi connectivity index (χ1v) is 11.9. The van der Waals surface area contributed by atoms with Crippen molar-refractivity contribution in [1.82, 2.24) is 14.9 Å². The van der Waals surface area contributed by atoms with Gasteiger partial charge in [-0.2, -0.15) is 4.98 Å². The molecule has 5 rings (SSSR count). The molecule has 3 heterocycles. The van der Waals surface area contributed by atoms with Crippen molar-refractivity contribution in [3.63, 3.8) is 0 Å². The lowest BCUT2D eigenvalue weighted by atomic mass is 10.0. The van der Waals surface area contributed by atoms with Crippen LogP contribution in [0.4, 0.5) is 17.5 Å². The highest BCUT2D eigenvalue weighted by Crippen LogP contribution is 2.33. The molecule has 1 aromatic carbocycles. The Morgan fingerprint density at radius 1 is 1.09 bits per heavy atom. The predicted molar refractivity (Wildman–Crippen MR) is 126 cm³/mol. The van der Waals surface area contributed by atoms with Gasteiger partial charge in [0.1, 0.15) is 5.82 Å². The smallest absolute Gasteiger partial charge is 0.253 e. The average molecular weight is 451 g/mol. The highest BCUT2D eigenvalue weighted by atomic mass is 32.1. The molecule has 1 saturated carbocycles. The van der Waals surface area contributed by atoms with Gasteiger partial charge in [-0.05, 0) is 55.3 Å². The molecular weight excluding hydrogens is 424 g/mol. The van der Waals surface area contributed by atoms with Gasteiger partial charge in [-0.15, -0.1) is 11.3 Å². The van der Waals surface area contributed by atoms with E-state index in [1.807, 2.05) is 40.6 Å².